The first-order chi connectivity index (χ1) is 13.5. The second kappa shape index (κ2) is 6.70. The molecule has 146 valence electrons. The summed E-state index contributed by atoms with van der Waals surface area (Å²) in [5.41, 5.74) is 2.72. The molecule has 5 rings (SSSR count). The molecule has 3 aromatic rings. The molecule has 2 unspecified atom stereocenters. The maximum Gasteiger partial charge on any atom is 0.258 e. The van der Waals surface area contributed by atoms with Crippen LogP contribution < -0.4 is 0 Å². The highest BCUT2D eigenvalue weighted by molar-refractivity contribution is 5.81. The highest BCUT2D eigenvalue weighted by Crippen LogP contribution is 2.39. The van der Waals surface area contributed by atoms with Crippen molar-refractivity contribution in [2.24, 2.45) is 0 Å². The van der Waals surface area contributed by atoms with Crippen LogP contribution in [0.2, 0.25) is 0 Å². The number of amides is 1. The van der Waals surface area contributed by atoms with Crippen molar-refractivity contribution in [1.82, 2.24) is 25.0 Å². The zero-order valence-electron chi connectivity index (χ0n) is 16.0. The van der Waals surface area contributed by atoms with Gasteiger partial charge in [-0.3, -0.25) is 4.79 Å². The number of morpholine rings is 1. The van der Waals surface area contributed by atoms with Gasteiger partial charge in [0.05, 0.1) is 29.7 Å². The first kappa shape index (κ1) is 17.4. The van der Waals surface area contributed by atoms with Crippen LogP contribution in [-0.2, 0) is 16.0 Å². The molecule has 2 fully saturated rings. The van der Waals surface area contributed by atoms with Crippen LogP contribution in [-0.4, -0.2) is 56.2 Å². The van der Waals surface area contributed by atoms with E-state index in [0.29, 0.717) is 30.7 Å². The number of H-pyrrole nitrogens is 1. The van der Waals surface area contributed by atoms with Crippen molar-refractivity contribution in [2.75, 3.05) is 13.1 Å². The molecule has 28 heavy (non-hydrogen) atoms. The molecule has 3 heterocycles. The Morgan fingerprint density at radius 1 is 1.21 bits per heavy atom. The smallest absolute Gasteiger partial charge is 0.258 e. The van der Waals surface area contributed by atoms with Crippen molar-refractivity contribution < 1.29 is 14.1 Å². The first-order valence-electron chi connectivity index (χ1n) is 9.81. The minimum Gasteiger partial charge on any atom is -0.372 e. The third-order valence-corrected chi connectivity index (χ3v) is 5.26. The van der Waals surface area contributed by atoms with Gasteiger partial charge in [0.2, 0.25) is 5.91 Å². The third kappa shape index (κ3) is 3.40. The lowest BCUT2D eigenvalue weighted by molar-refractivity contribution is -0.142. The van der Waals surface area contributed by atoms with Crippen LogP contribution in [0.5, 0.6) is 0 Å². The van der Waals surface area contributed by atoms with E-state index in [-0.39, 0.29) is 24.5 Å². The molecule has 1 aliphatic heterocycles. The number of aromatic nitrogens is 4. The molecular weight excluding hydrogens is 358 g/mol. The van der Waals surface area contributed by atoms with Crippen molar-refractivity contribution >= 4 is 16.9 Å². The van der Waals surface area contributed by atoms with Crippen molar-refractivity contribution in [1.29, 1.82) is 0 Å². The minimum atomic E-state index is -0.00700. The summed E-state index contributed by atoms with van der Waals surface area (Å²) >= 11 is 0. The van der Waals surface area contributed by atoms with E-state index in [1.807, 2.05) is 36.9 Å². The first-order valence-corrected chi connectivity index (χ1v) is 9.81. The van der Waals surface area contributed by atoms with Crippen molar-refractivity contribution in [3.63, 3.8) is 0 Å². The lowest BCUT2D eigenvalue weighted by atomic mass is 10.2. The van der Waals surface area contributed by atoms with Gasteiger partial charge in [0.15, 0.2) is 5.82 Å². The van der Waals surface area contributed by atoms with Gasteiger partial charge >= 0.3 is 0 Å². The number of hydrogen-bond donors (Lipinski definition) is 1. The maximum atomic E-state index is 12.6. The summed E-state index contributed by atoms with van der Waals surface area (Å²) in [5.74, 6) is 2.43. The SMILES string of the molecule is CC1CN(C(=O)Cc2noc(-c3ccc4nc(C5CC5)[nH]c4c3)n2)CC(C)O1. The van der Waals surface area contributed by atoms with E-state index in [2.05, 4.69) is 20.1 Å². The summed E-state index contributed by atoms with van der Waals surface area (Å²) in [6, 6.07) is 5.85. The largest absolute Gasteiger partial charge is 0.372 e. The van der Waals surface area contributed by atoms with E-state index in [1.165, 1.54) is 12.8 Å². The average molecular weight is 381 g/mol. The second-order valence-corrected chi connectivity index (χ2v) is 7.88. The summed E-state index contributed by atoms with van der Waals surface area (Å²) in [5, 5.41) is 4.00. The van der Waals surface area contributed by atoms with E-state index >= 15 is 0 Å². The fraction of sp³-hybridized carbons (Fsp3) is 0.500. The number of carbonyl (C=O) groups is 1. The third-order valence-electron chi connectivity index (χ3n) is 5.26. The molecule has 1 amide bonds. The lowest BCUT2D eigenvalue weighted by Crippen LogP contribution is -2.48. The highest BCUT2D eigenvalue weighted by Gasteiger charge is 2.28. The Balaban J connectivity index is 1.31. The van der Waals surface area contributed by atoms with E-state index in [4.69, 9.17) is 9.26 Å². The van der Waals surface area contributed by atoms with E-state index in [9.17, 15) is 4.79 Å². The fourth-order valence-corrected chi connectivity index (χ4v) is 3.78. The van der Waals surface area contributed by atoms with Gasteiger partial charge in [0.25, 0.3) is 5.89 Å². The molecule has 1 N–H and O–H groups in total. The van der Waals surface area contributed by atoms with Crippen LogP contribution in [0.4, 0.5) is 0 Å². The van der Waals surface area contributed by atoms with Crippen LogP contribution in [0.15, 0.2) is 22.7 Å². The van der Waals surface area contributed by atoms with Crippen molar-refractivity contribution in [3.8, 4) is 11.5 Å². The molecule has 1 aliphatic carbocycles. The van der Waals surface area contributed by atoms with Crippen LogP contribution >= 0.6 is 0 Å². The molecule has 2 aliphatic rings. The van der Waals surface area contributed by atoms with Crippen molar-refractivity contribution in [3.05, 3.63) is 29.8 Å². The number of hydrogen-bond acceptors (Lipinski definition) is 6. The van der Waals surface area contributed by atoms with Crippen LogP contribution in [0.25, 0.3) is 22.5 Å². The number of nitrogens with zero attached hydrogens (tertiary/aromatic N) is 4. The predicted molar refractivity (Wildman–Crippen MR) is 102 cm³/mol. The van der Waals surface area contributed by atoms with Gasteiger partial charge in [0, 0.05) is 24.6 Å². The van der Waals surface area contributed by atoms with Crippen LogP contribution in [0, 0.1) is 0 Å². The zero-order valence-corrected chi connectivity index (χ0v) is 16.0. The van der Waals surface area contributed by atoms with Crippen LogP contribution in [0.3, 0.4) is 0 Å². The maximum absolute atomic E-state index is 12.6. The number of aromatic amines is 1. The standard InChI is InChI=1S/C20H23N5O3/c1-11-9-25(10-12(2)27-11)18(26)8-17-23-20(28-24-17)14-5-6-15-16(7-14)22-19(21-15)13-3-4-13/h5-7,11-13H,3-4,8-10H2,1-2H3,(H,21,22). The Labute approximate surface area is 162 Å². The summed E-state index contributed by atoms with van der Waals surface area (Å²) in [7, 11) is 0. The van der Waals surface area contributed by atoms with E-state index in [0.717, 1.165) is 22.4 Å². The number of imidazole rings is 1. The Morgan fingerprint density at radius 3 is 2.75 bits per heavy atom. The predicted octanol–water partition coefficient (Wildman–Crippen LogP) is 2.67. The Kier molecular flexibility index (Phi) is 4.16. The number of ether oxygens (including phenoxy) is 1. The van der Waals surface area contributed by atoms with Gasteiger partial charge in [-0.15, -0.1) is 0 Å². The summed E-state index contributed by atoms with van der Waals surface area (Å²) < 4.78 is 11.1. The molecule has 8 nitrogen and oxygen atoms in total. The van der Waals surface area contributed by atoms with Gasteiger partial charge in [-0.1, -0.05) is 5.16 Å². The van der Waals surface area contributed by atoms with Crippen molar-refractivity contribution in [2.45, 2.75) is 51.2 Å². The topological polar surface area (TPSA) is 97.1 Å². The molecule has 2 atom stereocenters. The molecule has 1 saturated heterocycles. The van der Waals surface area contributed by atoms with E-state index in [1.54, 1.807) is 0 Å². The molecule has 0 spiro atoms. The Bertz CT molecular complexity index is 1010. The Morgan fingerprint density at radius 2 is 2.00 bits per heavy atom. The molecule has 2 aromatic heterocycles. The van der Waals surface area contributed by atoms with Gasteiger partial charge in [-0.25, -0.2) is 4.98 Å². The average Bonchev–Trinajstić information content (AvgIpc) is 3.26. The fourth-order valence-electron chi connectivity index (χ4n) is 3.78. The lowest BCUT2D eigenvalue weighted by Gasteiger charge is -2.35. The van der Waals surface area contributed by atoms with E-state index < -0.39 is 0 Å². The molecule has 0 bridgehead atoms. The molecular formula is C20H23N5O3. The quantitative estimate of drug-likeness (QED) is 0.746. The highest BCUT2D eigenvalue weighted by atomic mass is 16.5. The number of fused-ring (bicyclic) bond motifs is 1. The summed E-state index contributed by atoms with van der Waals surface area (Å²) in [6.45, 7) is 5.13. The van der Waals surface area contributed by atoms with Crippen LogP contribution in [0.1, 0.15) is 44.3 Å². The van der Waals surface area contributed by atoms with Gasteiger partial charge in [-0.05, 0) is 44.9 Å². The molecule has 8 heteroatoms. The van der Waals surface area contributed by atoms with Gasteiger partial charge in [-0.2, -0.15) is 4.98 Å². The summed E-state index contributed by atoms with van der Waals surface area (Å²) in [4.78, 5) is 26.8. The van der Waals surface area contributed by atoms with Gasteiger partial charge in [0.1, 0.15) is 5.82 Å². The molecule has 1 saturated carbocycles. The summed E-state index contributed by atoms with van der Waals surface area (Å²) in [6.07, 6.45) is 2.61. The zero-order chi connectivity index (χ0) is 19.3. The Hall–Kier alpha value is -2.74. The minimum absolute atomic E-state index is 0.00700. The molecule has 1 aromatic carbocycles. The number of rotatable bonds is 4. The monoisotopic (exact) mass is 381 g/mol. The number of benzene rings is 1. The normalized spacial score (nSPS) is 22.7. The second-order valence-electron chi connectivity index (χ2n) is 7.88. The number of carbonyl (C=O) groups excluding carboxylic acids is 1. The number of nitrogens with one attached hydrogen (secondary N) is 1. The van der Waals surface area contributed by atoms with Gasteiger partial charge < -0.3 is 19.1 Å². The molecule has 0 radical (unpaired) electrons.